The molecule has 1 aliphatic rings. The van der Waals surface area contributed by atoms with E-state index in [0.29, 0.717) is 29.5 Å². The van der Waals surface area contributed by atoms with E-state index in [-0.39, 0.29) is 18.6 Å². The fourth-order valence-electron chi connectivity index (χ4n) is 2.22. The molecule has 3 heterocycles. The molecule has 3 rings (SSSR count). The number of carbonyl (C=O) groups excluding carboxylic acids is 1. The lowest BCUT2D eigenvalue weighted by atomic mass is 9.97. The highest BCUT2D eigenvalue weighted by Gasteiger charge is 2.39. The zero-order chi connectivity index (χ0) is 14.9. The Bertz CT molecular complexity index is 625. The summed E-state index contributed by atoms with van der Waals surface area (Å²) in [5.41, 5.74) is -0.684. The van der Waals surface area contributed by atoms with Crippen LogP contribution < -0.4 is 5.32 Å². The van der Waals surface area contributed by atoms with E-state index in [4.69, 9.17) is 9.15 Å². The van der Waals surface area contributed by atoms with E-state index < -0.39 is 5.60 Å². The number of thiazole rings is 1. The van der Waals surface area contributed by atoms with Crippen molar-refractivity contribution in [1.82, 2.24) is 10.3 Å². The number of ether oxygens (including phenoxy) is 1. The van der Waals surface area contributed by atoms with Crippen LogP contribution in [0.3, 0.4) is 0 Å². The molecule has 2 aromatic rings. The number of hydrogen-bond acceptors (Lipinski definition) is 6. The minimum absolute atomic E-state index is 0.153. The lowest BCUT2D eigenvalue weighted by Gasteiger charge is -2.25. The van der Waals surface area contributed by atoms with Gasteiger partial charge in [0.15, 0.2) is 10.8 Å². The molecule has 6 nitrogen and oxygen atoms in total. The fourth-order valence-corrected chi connectivity index (χ4v) is 2.98. The molecular formula is C14H16N2O4S. The van der Waals surface area contributed by atoms with Crippen LogP contribution in [0.2, 0.25) is 0 Å². The Morgan fingerprint density at radius 3 is 3.19 bits per heavy atom. The average Bonchev–Trinajstić information content (AvgIpc) is 3.18. The molecule has 2 N–H and O–H groups in total. The van der Waals surface area contributed by atoms with Crippen LogP contribution in [0.25, 0.3) is 10.8 Å². The number of hydrogen-bond donors (Lipinski definition) is 2. The molecule has 112 valence electrons. The fraction of sp³-hybridized carbons (Fsp3) is 0.429. The molecule has 21 heavy (non-hydrogen) atoms. The highest BCUT2D eigenvalue weighted by Crippen LogP contribution is 2.26. The molecule has 2 atom stereocenters. The van der Waals surface area contributed by atoms with Crippen molar-refractivity contribution in [3.8, 4) is 10.8 Å². The minimum Gasteiger partial charge on any atom is -0.462 e. The summed E-state index contributed by atoms with van der Waals surface area (Å²) < 4.78 is 10.6. The van der Waals surface area contributed by atoms with Gasteiger partial charge in [0.2, 0.25) is 0 Å². The first-order valence-corrected chi connectivity index (χ1v) is 7.58. The monoisotopic (exact) mass is 308 g/mol. The van der Waals surface area contributed by atoms with Crippen molar-refractivity contribution in [3.63, 3.8) is 0 Å². The number of aliphatic hydroxyl groups is 1. The molecule has 0 bridgehead atoms. The van der Waals surface area contributed by atoms with Gasteiger partial charge in [0.05, 0.1) is 12.4 Å². The highest BCUT2D eigenvalue weighted by atomic mass is 32.1. The van der Waals surface area contributed by atoms with E-state index in [9.17, 15) is 9.90 Å². The Morgan fingerprint density at radius 2 is 2.52 bits per heavy atom. The third-order valence-corrected chi connectivity index (χ3v) is 4.54. The second-order valence-corrected chi connectivity index (χ2v) is 5.92. The maximum atomic E-state index is 12.1. The Morgan fingerprint density at radius 1 is 1.67 bits per heavy atom. The number of furan rings is 1. The van der Waals surface area contributed by atoms with Crippen LogP contribution in [0, 0.1) is 0 Å². The third-order valence-electron chi connectivity index (χ3n) is 3.68. The molecule has 2 unspecified atom stereocenters. The van der Waals surface area contributed by atoms with Gasteiger partial charge in [0.1, 0.15) is 11.3 Å². The standard InChI is InChI=1S/C14H16N2O4S/c1-9-14(18,4-6-19-9)8-15-12(17)10-7-21-13(16-10)11-3-2-5-20-11/h2-3,5,7,9,18H,4,6,8H2,1H3,(H,15,17). The first-order valence-electron chi connectivity index (χ1n) is 6.70. The lowest BCUT2D eigenvalue weighted by Crippen LogP contribution is -2.47. The molecule has 1 fully saturated rings. The van der Waals surface area contributed by atoms with Gasteiger partial charge in [-0.2, -0.15) is 0 Å². The van der Waals surface area contributed by atoms with Gasteiger partial charge in [-0.1, -0.05) is 0 Å². The summed E-state index contributed by atoms with van der Waals surface area (Å²) >= 11 is 1.34. The summed E-state index contributed by atoms with van der Waals surface area (Å²) in [7, 11) is 0. The molecule has 7 heteroatoms. The molecular weight excluding hydrogens is 292 g/mol. The summed E-state index contributed by atoms with van der Waals surface area (Å²) in [5.74, 6) is 0.326. The van der Waals surface area contributed by atoms with E-state index in [1.54, 1.807) is 30.7 Å². The van der Waals surface area contributed by atoms with E-state index >= 15 is 0 Å². The quantitative estimate of drug-likeness (QED) is 0.897. The van der Waals surface area contributed by atoms with Gasteiger partial charge in [-0.25, -0.2) is 4.98 Å². The Balaban J connectivity index is 1.64. The van der Waals surface area contributed by atoms with Gasteiger partial charge in [-0.05, 0) is 19.1 Å². The number of carbonyl (C=O) groups is 1. The molecule has 1 saturated heterocycles. The molecule has 2 aromatic heterocycles. The Kier molecular flexibility index (Phi) is 3.79. The number of rotatable bonds is 4. The molecule has 0 aliphatic carbocycles. The van der Waals surface area contributed by atoms with Gasteiger partial charge in [0, 0.05) is 25.0 Å². The first-order chi connectivity index (χ1) is 10.1. The van der Waals surface area contributed by atoms with Gasteiger partial charge in [-0.15, -0.1) is 11.3 Å². The van der Waals surface area contributed by atoms with Crippen LogP contribution in [-0.2, 0) is 4.74 Å². The summed E-state index contributed by atoms with van der Waals surface area (Å²) in [6.07, 6.45) is 1.79. The van der Waals surface area contributed by atoms with Crippen molar-refractivity contribution in [2.75, 3.05) is 13.2 Å². The Hall–Kier alpha value is -1.70. The molecule has 1 amide bonds. The zero-order valence-corrected chi connectivity index (χ0v) is 12.4. The van der Waals surface area contributed by atoms with Crippen molar-refractivity contribution in [2.24, 2.45) is 0 Å². The largest absolute Gasteiger partial charge is 0.462 e. The summed E-state index contributed by atoms with van der Waals surface area (Å²) in [5, 5.41) is 15.4. The smallest absolute Gasteiger partial charge is 0.270 e. The normalized spacial score (nSPS) is 25.1. The van der Waals surface area contributed by atoms with Gasteiger partial charge < -0.3 is 19.6 Å². The van der Waals surface area contributed by atoms with Crippen LogP contribution in [0.1, 0.15) is 23.8 Å². The molecule has 0 aromatic carbocycles. The first kappa shape index (κ1) is 14.2. The van der Waals surface area contributed by atoms with Crippen molar-refractivity contribution in [2.45, 2.75) is 25.0 Å². The maximum absolute atomic E-state index is 12.1. The maximum Gasteiger partial charge on any atom is 0.270 e. The van der Waals surface area contributed by atoms with E-state index in [2.05, 4.69) is 10.3 Å². The van der Waals surface area contributed by atoms with Crippen LogP contribution >= 0.6 is 11.3 Å². The summed E-state index contributed by atoms with van der Waals surface area (Å²) in [4.78, 5) is 16.3. The second-order valence-electron chi connectivity index (χ2n) is 5.06. The highest BCUT2D eigenvalue weighted by molar-refractivity contribution is 7.13. The topological polar surface area (TPSA) is 84.6 Å². The zero-order valence-electron chi connectivity index (χ0n) is 11.5. The SMILES string of the molecule is CC1OCCC1(O)CNC(=O)c1csc(-c2ccco2)n1. The van der Waals surface area contributed by atoms with E-state index in [1.165, 1.54) is 11.3 Å². The number of amides is 1. The van der Waals surface area contributed by atoms with Crippen molar-refractivity contribution >= 4 is 17.2 Å². The predicted octanol–water partition coefficient (Wildman–Crippen LogP) is 1.67. The van der Waals surface area contributed by atoms with Gasteiger partial charge in [0.25, 0.3) is 5.91 Å². The molecule has 0 spiro atoms. The van der Waals surface area contributed by atoms with Crippen LogP contribution in [-0.4, -0.2) is 40.9 Å². The summed E-state index contributed by atoms with van der Waals surface area (Å²) in [6.45, 7) is 2.46. The minimum atomic E-state index is -1.00. The average molecular weight is 308 g/mol. The van der Waals surface area contributed by atoms with Crippen LogP contribution in [0.5, 0.6) is 0 Å². The van der Waals surface area contributed by atoms with Crippen LogP contribution in [0.4, 0.5) is 0 Å². The van der Waals surface area contributed by atoms with Crippen molar-refractivity contribution in [1.29, 1.82) is 0 Å². The van der Waals surface area contributed by atoms with Crippen molar-refractivity contribution < 1.29 is 19.1 Å². The van der Waals surface area contributed by atoms with Gasteiger partial charge in [-0.3, -0.25) is 4.79 Å². The second kappa shape index (κ2) is 5.59. The summed E-state index contributed by atoms with van der Waals surface area (Å²) in [6, 6.07) is 3.56. The third kappa shape index (κ3) is 2.85. The lowest BCUT2D eigenvalue weighted by molar-refractivity contribution is -0.0251. The number of nitrogens with one attached hydrogen (secondary N) is 1. The van der Waals surface area contributed by atoms with Gasteiger partial charge >= 0.3 is 0 Å². The van der Waals surface area contributed by atoms with Crippen molar-refractivity contribution in [3.05, 3.63) is 29.5 Å². The predicted molar refractivity (Wildman–Crippen MR) is 77.1 cm³/mol. The van der Waals surface area contributed by atoms with E-state index in [1.807, 2.05) is 0 Å². The number of nitrogens with zero attached hydrogens (tertiary/aromatic N) is 1. The number of aromatic nitrogens is 1. The molecule has 0 radical (unpaired) electrons. The molecule has 0 saturated carbocycles. The van der Waals surface area contributed by atoms with Crippen LogP contribution in [0.15, 0.2) is 28.2 Å². The Labute approximate surface area is 125 Å². The van der Waals surface area contributed by atoms with E-state index in [0.717, 1.165) is 0 Å². The molecule has 1 aliphatic heterocycles.